The third-order valence-corrected chi connectivity index (χ3v) is 4.31. The highest BCUT2D eigenvalue weighted by Crippen LogP contribution is 2.26. The molecule has 4 N–H and O–H groups in total. The molecule has 0 heterocycles. The van der Waals surface area contributed by atoms with Gasteiger partial charge in [-0.3, -0.25) is 9.59 Å². The van der Waals surface area contributed by atoms with Crippen LogP contribution in [-0.4, -0.2) is 24.1 Å². The average Bonchev–Trinajstić information content (AvgIpc) is 2.61. The van der Waals surface area contributed by atoms with Crippen molar-refractivity contribution in [3.63, 3.8) is 0 Å². The van der Waals surface area contributed by atoms with E-state index in [9.17, 15) is 9.59 Å². The Hall–Kier alpha value is -2.98. The van der Waals surface area contributed by atoms with E-state index >= 15 is 0 Å². The van der Waals surface area contributed by atoms with Crippen molar-refractivity contribution in [1.29, 1.82) is 5.26 Å². The van der Waals surface area contributed by atoms with Gasteiger partial charge in [-0.25, -0.2) is 0 Å². The maximum absolute atomic E-state index is 12.1. The largest absolute Gasteiger partial charge is 0.375 e. The van der Waals surface area contributed by atoms with Crippen LogP contribution in [0.15, 0.2) is 53.4 Å². The minimum Gasteiger partial charge on any atom is -0.375 e. The lowest BCUT2D eigenvalue weighted by Gasteiger charge is -2.11. The molecule has 25 heavy (non-hydrogen) atoms. The Kier molecular flexibility index (Phi) is 6.87. The first kappa shape index (κ1) is 18.4. The number of anilines is 2. The Labute approximate surface area is 150 Å². The molecule has 0 spiro atoms. The molecule has 0 atom stereocenters. The number of carbonyl (C=O) groups excluding carboxylic acids is 2. The van der Waals surface area contributed by atoms with Gasteiger partial charge in [0.05, 0.1) is 24.8 Å². The van der Waals surface area contributed by atoms with E-state index in [0.29, 0.717) is 12.1 Å². The van der Waals surface area contributed by atoms with Crippen LogP contribution in [0.3, 0.4) is 0 Å². The van der Waals surface area contributed by atoms with Gasteiger partial charge in [-0.05, 0) is 29.8 Å². The number of nitrogens with two attached hydrogens (primary N) is 1. The molecule has 2 amide bonds. The van der Waals surface area contributed by atoms with Gasteiger partial charge in [0.1, 0.15) is 0 Å². The van der Waals surface area contributed by atoms with E-state index in [0.717, 1.165) is 16.1 Å². The zero-order valence-corrected chi connectivity index (χ0v) is 14.3. The van der Waals surface area contributed by atoms with Gasteiger partial charge in [0, 0.05) is 16.3 Å². The number of rotatable bonds is 8. The second kappa shape index (κ2) is 9.35. The first-order valence-electron chi connectivity index (χ1n) is 7.58. The zero-order valence-electron chi connectivity index (χ0n) is 13.5. The van der Waals surface area contributed by atoms with Gasteiger partial charge in [-0.1, -0.05) is 24.3 Å². The predicted molar refractivity (Wildman–Crippen MR) is 99.2 cm³/mol. The number of primary amides is 1. The van der Waals surface area contributed by atoms with Crippen LogP contribution in [0.2, 0.25) is 0 Å². The fraction of sp³-hybridized carbons (Fsp3) is 0.167. The molecule has 6 nitrogen and oxygen atoms in total. The number of hydrogen-bond acceptors (Lipinski definition) is 5. The molecular formula is C18H18N4O2S. The third kappa shape index (κ3) is 6.20. The maximum atomic E-state index is 12.1. The lowest BCUT2D eigenvalue weighted by Crippen LogP contribution is -2.22. The van der Waals surface area contributed by atoms with E-state index in [1.165, 1.54) is 11.8 Å². The van der Waals surface area contributed by atoms with E-state index in [-0.39, 0.29) is 18.2 Å². The van der Waals surface area contributed by atoms with E-state index in [1.54, 1.807) is 12.1 Å². The Balaban J connectivity index is 1.89. The summed E-state index contributed by atoms with van der Waals surface area (Å²) in [7, 11) is 0. The Morgan fingerprint density at radius 1 is 1.12 bits per heavy atom. The summed E-state index contributed by atoms with van der Waals surface area (Å²) < 4.78 is 0. The summed E-state index contributed by atoms with van der Waals surface area (Å²) in [5.74, 6) is -0.403. The Morgan fingerprint density at radius 3 is 2.52 bits per heavy atom. The molecule has 0 aliphatic carbocycles. The lowest BCUT2D eigenvalue weighted by molar-refractivity contribution is -0.116. The summed E-state index contributed by atoms with van der Waals surface area (Å²) in [6, 6.07) is 16.6. The van der Waals surface area contributed by atoms with Crippen molar-refractivity contribution in [1.82, 2.24) is 0 Å². The van der Waals surface area contributed by atoms with Crippen LogP contribution in [0.4, 0.5) is 11.4 Å². The van der Waals surface area contributed by atoms with Crippen LogP contribution < -0.4 is 16.4 Å². The van der Waals surface area contributed by atoms with E-state index in [1.807, 2.05) is 36.4 Å². The standard InChI is InChI=1S/C18H18N4O2S/c19-10-9-13-5-7-14(8-6-13)22-18(24)11-21-15-3-1-2-4-16(15)25-12-17(20)23/h1-8,21H,9,11-12H2,(H2,20,23)(H,22,24). The molecule has 2 aromatic rings. The predicted octanol–water partition coefficient (Wildman–Crippen LogP) is 2.38. The average molecular weight is 354 g/mol. The van der Waals surface area contributed by atoms with Crippen molar-refractivity contribution in [2.45, 2.75) is 11.3 Å². The van der Waals surface area contributed by atoms with Crippen molar-refractivity contribution >= 4 is 35.0 Å². The lowest BCUT2D eigenvalue weighted by atomic mass is 10.1. The van der Waals surface area contributed by atoms with Crippen molar-refractivity contribution in [3.05, 3.63) is 54.1 Å². The fourth-order valence-corrected chi connectivity index (χ4v) is 2.83. The normalized spacial score (nSPS) is 9.88. The second-order valence-electron chi connectivity index (χ2n) is 5.18. The highest BCUT2D eigenvalue weighted by molar-refractivity contribution is 8.00. The summed E-state index contributed by atoms with van der Waals surface area (Å²) in [6.07, 6.45) is 0.343. The number of benzene rings is 2. The number of amides is 2. The highest BCUT2D eigenvalue weighted by atomic mass is 32.2. The third-order valence-electron chi connectivity index (χ3n) is 3.22. The Bertz CT molecular complexity index is 784. The molecule has 7 heteroatoms. The molecule has 0 fully saturated rings. The van der Waals surface area contributed by atoms with Gasteiger partial charge < -0.3 is 16.4 Å². The molecule has 0 aliphatic heterocycles. The zero-order chi connectivity index (χ0) is 18.1. The molecule has 2 aromatic carbocycles. The van der Waals surface area contributed by atoms with E-state index in [2.05, 4.69) is 16.7 Å². The first-order chi connectivity index (χ1) is 12.1. The van der Waals surface area contributed by atoms with E-state index < -0.39 is 5.91 Å². The van der Waals surface area contributed by atoms with Gasteiger partial charge in [0.25, 0.3) is 0 Å². The highest BCUT2D eigenvalue weighted by Gasteiger charge is 2.07. The summed E-state index contributed by atoms with van der Waals surface area (Å²) >= 11 is 1.32. The summed E-state index contributed by atoms with van der Waals surface area (Å²) in [4.78, 5) is 23.8. The second-order valence-corrected chi connectivity index (χ2v) is 6.20. The number of carbonyl (C=O) groups is 2. The van der Waals surface area contributed by atoms with Gasteiger partial charge in [0.15, 0.2) is 0 Å². The minimum absolute atomic E-state index is 0.0914. The SMILES string of the molecule is N#CCc1ccc(NC(=O)CNc2ccccc2SCC(N)=O)cc1. The number of nitrogens with one attached hydrogen (secondary N) is 2. The quantitative estimate of drug-likeness (QED) is 0.631. The van der Waals surface area contributed by atoms with Crippen LogP contribution in [-0.2, 0) is 16.0 Å². The van der Waals surface area contributed by atoms with Gasteiger partial charge in [-0.15, -0.1) is 11.8 Å². The van der Waals surface area contributed by atoms with Gasteiger partial charge in [0.2, 0.25) is 11.8 Å². The van der Waals surface area contributed by atoms with Gasteiger partial charge in [-0.2, -0.15) is 5.26 Å². The van der Waals surface area contributed by atoms with E-state index in [4.69, 9.17) is 11.0 Å². The molecular weight excluding hydrogens is 336 g/mol. The molecule has 0 unspecified atom stereocenters. The topological polar surface area (TPSA) is 108 Å². The van der Waals surface area contributed by atoms with Crippen molar-refractivity contribution in [3.8, 4) is 6.07 Å². The number of thioether (sulfide) groups is 1. The molecule has 0 aliphatic rings. The smallest absolute Gasteiger partial charge is 0.243 e. The van der Waals surface area contributed by atoms with Crippen LogP contribution in [0.5, 0.6) is 0 Å². The number of para-hydroxylation sites is 1. The molecule has 0 radical (unpaired) electrons. The monoisotopic (exact) mass is 354 g/mol. The molecule has 2 rings (SSSR count). The molecule has 0 aromatic heterocycles. The van der Waals surface area contributed by atoms with Crippen molar-refractivity contribution in [2.75, 3.05) is 22.9 Å². The van der Waals surface area contributed by atoms with Crippen LogP contribution >= 0.6 is 11.8 Å². The molecule has 0 saturated carbocycles. The van der Waals surface area contributed by atoms with Gasteiger partial charge >= 0.3 is 0 Å². The summed E-state index contributed by atoms with van der Waals surface area (Å²) in [5.41, 5.74) is 7.51. The van der Waals surface area contributed by atoms with Crippen molar-refractivity contribution in [2.24, 2.45) is 5.73 Å². The number of nitrogens with zero attached hydrogens (tertiary/aromatic N) is 1. The van der Waals surface area contributed by atoms with Crippen LogP contribution in [0, 0.1) is 11.3 Å². The molecule has 0 bridgehead atoms. The fourth-order valence-electron chi connectivity index (χ4n) is 2.07. The van der Waals surface area contributed by atoms with Crippen LogP contribution in [0.1, 0.15) is 5.56 Å². The summed E-state index contributed by atoms with van der Waals surface area (Å²) in [6.45, 7) is 0.0914. The maximum Gasteiger partial charge on any atom is 0.243 e. The molecule has 128 valence electrons. The minimum atomic E-state index is -0.391. The Morgan fingerprint density at radius 2 is 1.84 bits per heavy atom. The number of hydrogen-bond donors (Lipinski definition) is 3. The summed E-state index contributed by atoms with van der Waals surface area (Å²) in [5, 5.41) is 14.5. The first-order valence-corrected chi connectivity index (χ1v) is 8.57. The van der Waals surface area contributed by atoms with Crippen LogP contribution in [0.25, 0.3) is 0 Å². The van der Waals surface area contributed by atoms with Crippen molar-refractivity contribution < 1.29 is 9.59 Å². The molecule has 0 saturated heterocycles. The number of nitriles is 1.